The first-order valence-corrected chi connectivity index (χ1v) is 11.6. The molecule has 1 atom stereocenters. The van der Waals surface area contributed by atoms with Crippen molar-refractivity contribution in [2.75, 3.05) is 18.1 Å². The molecular weight excluding hydrogens is 438 g/mol. The van der Waals surface area contributed by atoms with Crippen LogP contribution in [0.5, 0.6) is 5.75 Å². The van der Waals surface area contributed by atoms with Gasteiger partial charge >= 0.3 is 0 Å². The van der Waals surface area contributed by atoms with Gasteiger partial charge in [-0.05, 0) is 46.2 Å². The number of para-hydroxylation sites is 1. The number of carbonyl (C=O) groups excluding carboxylic acids is 2. The zero-order valence-corrected chi connectivity index (χ0v) is 19.2. The number of anilines is 1. The normalized spacial score (nSPS) is 16.1. The minimum absolute atomic E-state index is 0.0527. The van der Waals surface area contributed by atoms with Crippen LogP contribution in [0.3, 0.4) is 0 Å². The van der Waals surface area contributed by atoms with Crippen molar-refractivity contribution in [1.29, 1.82) is 0 Å². The maximum absolute atomic E-state index is 13.3. The maximum Gasteiger partial charge on any atom is 0.294 e. The average molecular weight is 464 g/mol. The number of Topliss-reactive ketones (excluding diaryl/α,β-unsaturated/α-hetero) is 1. The highest BCUT2D eigenvalue weighted by atomic mass is 32.1. The predicted molar refractivity (Wildman–Crippen MR) is 129 cm³/mol. The molecule has 0 saturated carbocycles. The molecule has 2 N–H and O–H groups in total. The molecule has 0 bridgehead atoms. The second-order valence-corrected chi connectivity index (χ2v) is 8.81. The summed E-state index contributed by atoms with van der Waals surface area (Å²) in [5.41, 5.74) is 3.26. The van der Waals surface area contributed by atoms with Crippen LogP contribution in [0.4, 0.5) is 5.69 Å². The molecule has 2 heterocycles. The van der Waals surface area contributed by atoms with Gasteiger partial charge in [-0.1, -0.05) is 44.2 Å². The van der Waals surface area contributed by atoms with Crippen LogP contribution in [-0.4, -0.2) is 35.1 Å². The quantitative estimate of drug-likeness (QED) is 0.496. The van der Waals surface area contributed by atoms with Crippen LogP contribution in [-0.2, 0) is 9.59 Å². The Balaban J connectivity index is 1.83. The SMILES string of the molecule is CC(C)C(=O)C1=C(O)C(=O)N(c2ccc(-c3ccsc3)cc2)C1c1ccccc1OCCO. The highest BCUT2D eigenvalue weighted by molar-refractivity contribution is 7.08. The number of rotatable bonds is 8. The molecular formula is C26H25NO5S. The molecule has 1 aromatic heterocycles. The van der Waals surface area contributed by atoms with E-state index in [1.54, 1.807) is 49.4 Å². The molecule has 0 saturated heterocycles. The number of thiophene rings is 1. The van der Waals surface area contributed by atoms with E-state index in [9.17, 15) is 19.8 Å². The second-order valence-electron chi connectivity index (χ2n) is 8.03. The molecule has 0 aliphatic carbocycles. The summed E-state index contributed by atoms with van der Waals surface area (Å²) in [6, 6.07) is 15.7. The Hall–Kier alpha value is -3.42. The Labute approximate surface area is 196 Å². The second kappa shape index (κ2) is 9.60. The standard InChI is InChI=1S/C26H25NO5S/c1-16(2)24(29)22-23(20-5-3-4-6-21(20)32-13-12-28)27(26(31)25(22)30)19-9-7-17(8-10-19)18-11-14-33-15-18/h3-11,14-16,23,28,30H,12-13H2,1-2H3. The summed E-state index contributed by atoms with van der Waals surface area (Å²) in [5, 5.41) is 24.1. The maximum atomic E-state index is 13.3. The minimum atomic E-state index is -0.853. The Morgan fingerprint density at radius 2 is 1.82 bits per heavy atom. The number of aliphatic hydroxyl groups is 2. The van der Waals surface area contributed by atoms with Crippen LogP contribution in [0.1, 0.15) is 25.5 Å². The van der Waals surface area contributed by atoms with Gasteiger partial charge in [0.05, 0.1) is 18.2 Å². The van der Waals surface area contributed by atoms with Gasteiger partial charge in [0.25, 0.3) is 5.91 Å². The summed E-state index contributed by atoms with van der Waals surface area (Å²) in [7, 11) is 0. The lowest BCUT2D eigenvalue weighted by atomic mass is 9.90. The molecule has 0 fully saturated rings. The fraction of sp³-hybridized carbons (Fsp3) is 0.231. The number of hydrogen-bond acceptors (Lipinski definition) is 6. The van der Waals surface area contributed by atoms with Crippen molar-refractivity contribution < 1.29 is 24.5 Å². The monoisotopic (exact) mass is 463 g/mol. The van der Waals surface area contributed by atoms with Crippen LogP contribution in [0.2, 0.25) is 0 Å². The van der Waals surface area contributed by atoms with Gasteiger partial charge in [-0.25, -0.2) is 0 Å². The van der Waals surface area contributed by atoms with Crippen molar-refractivity contribution >= 4 is 28.7 Å². The predicted octanol–water partition coefficient (Wildman–Crippen LogP) is 4.91. The number of aliphatic hydroxyl groups excluding tert-OH is 2. The van der Waals surface area contributed by atoms with Crippen molar-refractivity contribution in [3.8, 4) is 16.9 Å². The summed E-state index contributed by atoms with van der Waals surface area (Å²) in [4.78, 5) is 27.8. The highest BCUT2D eigenvalue weighted by Gasteiger charge is 2.45. The summed E-state index contributed by atoms with van der Waals surface area (Å²) >= 11 is 1.60. The van der Waals surface area contributed by atoms with Gasteiger partial charge in [0.1, 0.15) is 12.4 Å². The number of nitrogens with zero attached hydrogens (tertiary/aromatic N) is 1. The molecule has 170 valence electrons. The van der Waals surface area contributed by atoms with E-state index < -0.39 is 23.6 Å². The van der Waals surface area contributed by atoms with Gasteiger partial charge in [0, 0.05) is 17.2 Å². The van der Waals surface area contributed by atoms with Gasteiger partial charge in [0.15, 0.2) is 11.5 Å². The van der Waals surface area contributed by atoms with Crippen molar-refractivity contribution in [2.24, 2.45) is 5.92 Å². The molecule has 1 amide bonds. The van der Waals surface area contributed by atoms with Crippen LogP contribution >= 0.6 is 11.3 Å². The lowest BCUT2D eigenvalue weighted by molar-refractivity contribution is -0.119. The van der Waals surface area contributed by atoms with Crippen molar-refractivity contribution in [2.45, 2.75) is 19.9 Å². The summed E-state index contributed by atoms with van der Waals surface area (Å²) in [6.07, 6.45) is 0. The minimum Gasteiger partial charge on any atom is -0.503 e. The van der Waals surface area contributed by atoms with Gasteiger partial charge in [-0.15, -0.1) is 0 Å². The molecule has 2 aromatic carbocycles. The van der Waals surface area contributed by atoms with Crippen molar-refractivity contribution in [3.63, 3.8) is 0 Å². The molecule has 0 spiro atoms. The highest BCUT2D eigenvalue weighted by Crippen LogP contribution is 2.44. The van der Waals surface area contributed by atoms with Crippen LogP contribution < -0.4 is 9.64 Å². The smallest absolute Gasteiger partial charge is 0.294 e. The molecule has 33 heavy (non-hydrogen) atoms. The van der Waals surface area contributed by atoms with E-state index in [2.05, 4.69) is 0 Å². The first-order chi connectivity index (χ1) is 15.9. The first-order valence-electron chi connectivity index (χ1n) is 10.7. The lowest BCUT2D eigenvalue weighted by Gasteiger charge is -2.28. The third-order valence-electron chi connectivity index (χ3n) is 5.56. The number of hydrogen-bond donors (Lipinski definition) is 2. The molecule has 7 heteroatoms. The number of carbonyl (C=O) groups is 2. The van der Waals surface area contributed by atoms with E-state index in [4.69, 9.17) is 4.74 Å². The van der Waals surface area contributed by atoms with Gasteiger partial charge in [-0.3, -0.25) is 14.5 Å². The van der Waals surface area contributed by atoms with Crippen molar-refractivity contribution in [3.05, 3.63) is 82.3 Å². The van der Waals surface area contributed by atoms with Crippen LogP contribution in [0, 0.1) is 5.92 Å². The van der Waals surface area contributed by atoms with Crippen LogP contribution in [0.25, 0.3) is 11.1 Å². The lowest BCUT2D eigenvalue weighted by Crippen LogP contribution is -2.31. The van der Waals surface area contributed by atoms with E-state index in [0.717, 1.165) is 11.1 Å². The van der Waals surface area contributed by atoms with E-state index in [1.165, 1.54) is 4.90 Å². The zero-order chi connectivity index (χ0) is 23.5. The molecule has 1 aliphatic rings. The molecule has 6 nitrogen and oxygen atoms in total. The fourth-order valence-electron chi connectivity index (χ4n) is 3.97. The number of amides is 1. The average Bonchev–Trinajstić information content (AvgIpc) is 3.45. The molecule has 4 rings (SSSR count). The number of ether oxygens (including phenoxy) is 1. The number of benzene rings is 2. The summed E-state index contributed by atoms with van der Waals surface area (Å²) in [6.45, 7) is 3.36. The summed E-state index contributed by atoms with van der Waals surface area (Å²) < 4.78 is 5.71. The summed E-state index contributed by atoms with van der Waals surface area (Å²) in [5.74, 6) is -1.46. The van der Waals surface area contributed by atoms with E-state index in [1.807, 2.05) is 41.1 Å². The Morgan fingerprint density at radius 1 is 1.09 bits per heavy atom. The molecule has 0 radical (unpaired) electrons. The largest absolute Gasteiger partial charge is 0.503 e. The van der Waals surface area contributed by atoms with Crippen molar-refractivity contribution in [1.82, 2.24) is 0 Å². The topological polar surface area (TPSA) is 87.1 Å². The third-order valence-corrected chi connectivity index (χ3v) is 6.24. The van der Waals surface area contributed by atoms with Gasteiger partial charge in [0.2, 0.25) is 0 Å². The first kappa shape index (κ1) is 22.8. The molecule has 3 aromatic rings. The van der Waals surface area contributed by atoms with Gasteiger partial charge in [-0.2, -0.15) is 11.3 Å². The molecule has 1 aliphatic heterocycles. The fourth-order valence-corrected chi connectivity index (χ4v) is 4.63. The Kier molecular flexibility index (Phi) is 6.62. The van der Waals surface area contributed by atoms with E-state index >= 15 is 0 Å². The van der Waals surface area contributed by atoms with Gasteiger partial charge < -0.3 is 14.9 Å². The Morgan fingerprint density at radius 3 is 2.45 bits per heavy atom. The molecule has 1 unspecified atom stereocenters. The Bertz CT molecular complexity index is 1180. The van der Waals surface area contributed by atoms with Crippen LogP contribution in [0.15, 0.2) is 76.7 Å². The van der Waals surface area contributed by atoms with E-state index in [-0.39, 0.29) is 24.6 Å². The zero-order valence-electron chi connectivity index (χ0n) is 18.4. The number of ketones is 1. The third kappa shape index (κ3) is 4.29. The van der Waals surface area contributed by atoms with E-state index in [0.29, 0.717) is 17.0 Å².